The van der Waals surface area contributed by atoms with E-state index in [1.165, 1.54) is 0 Å². The van der Waals surface area contributed by atoms with Gasteiger partial charge in [0.1, 0.15) is 6.33 Å². The second kappa shape index (κ2) is 5.59. The first-order chi connectivity index (χ1) is 9.36. The number of nitrogens with two attached hydrogens (primary N) is 1. The molecule has 0 unspecified atom stereocenters. The minimum Gasteiger partial charge on any atom is -0.329 e. The Bertz CT molecular complexity index is 527. The van der Waals surface area contributed by atoms with Crippen molar-refractivity contribution in [2.45, 2.75) is 18.9 Å². The molecule has 1 fully saturated rings. The van der Waals surface area contributed by atoms with Crippen LogP contribution in [0.25, 0.3) is 11.0 Å². The number of benzene rings is 1. The maximum Gasteiger partial charge on any atom is 0.115 e. The smallest absolute Gasteiger partial charge is 0.115 e. The van der Waals surface area contributed by atoms with Gasteiger partial charge in [0.2, 0.25) is 0 Å². The minimum atomic E-state index is 0.520. The zero-order valence-corrected chi connectivity index (χ0v) is 11.1. The third kappa shape index (κ3) is 2.72. The number of hydrogen-bond acceptors (Lipinski definition) is 4. The lowest BCUT2D eigenvalue weighted by molar-refractivity contribution is 0.220. The zero-order chi connectivity index (χ0) is 13.1. The Morgan fingerprint density at radius 1 is 1.26 bits per heavy atom. The van der Waals surface area contributed by atoms with Gasteiger partial charge in [-0.25, -0.2) is 9.66 Å². The van der Waals surface area contributed by atoms with Crippen LogP contribution in [0.4, 0.5) is 0 Å². The number of aromatic nitrogens is 2. The Hall–Kier alpha value is -1.59. The van der Waals surface area contributed by atoms with E-state index in [-0.39, 0.29) is 0 Å². The van der Waals surface area contributed by atoms with Crippen LogP contribution in [0.5, 0.6) is 0 Å². The summed E-state index contributed by atoms with van der Waals surface area (Å²) in [7, 11) is 0. The Morgan fingerprint density at radius 3 is 2.84 bits per heavy atom. The van der Waals surface area contributed by atoms with Crippen LogP contribution in [0.2, 0.25) is 0 Å². The van der Waals surface area contributed by atoms with Crippen molar-refractivity contribution in [3.63, 3.8) is 0 Å². The van der Waals surface area contributed by atoms with Crippen LogP contribution in [-0.2, 0) is 0 Å². The molecule has 1 saturated heterocycles. The number of nitrogens with one attached hydrogen (secondary N) is 1. The monoisotopic (exact) mass is 259 g/mol. The molecule has 0 saturated carbocycles. The standard InChI is InChI=1S/C14H21N5/c15-7-10-18-8-5-12(6-9-18)17-19-11-16-13-3-1-2-4-14(13)19/h1-4,11-12,17H,5-10,15H2. The molecule has 1 aromatic heterocycles. The summed E-state index contributed by atoms with van der Waals surface area (Å²) in [6, 6.07) is 8.72. The van der Waals surface area contributed by atoms with E-state index in [0.717, 1.165) is 50.1 Å². The molecule has 1 aliphatic heterocycles. The van der Waals surface area contributed by atoms with E-state index in [0.29, 0.717) is 6.04 Å². The highest BCUT2D eigenvalue weighted by Gasteiger charge is 2.18. The number of nitrogens with zero attached hydrogens (tertiary/aromatic N) is 3. The second-order valence-electron chi connectivity index (χ2n) is 5.14. The van der Waals surface area contributed by atoms with Gasteiger partial charge in [-0.15, -0.1) is 0 Å². The fourth-order valence-corrected chi connectivity index (χ4v) is 2.73. The van der Waals surface area contributed by atoms with Crippen LogP contribution >= 0.6 is 0 Å². The number of para-hydroxylation sites is 2. The van der Waals surface area contributed by atoms with Crippen molar-refractivity contribution < 1.29 is 0 Å². The molecule has 3 rings (SSSR count). The van der Waals surface area contributed by atoms with Gasteiger partial charge in [0.25, 0.3) is 0 Å². The Morgan fingerprint density at radius 2 is 2.05 bits per heavy atom. The molecule has 102 valence electrons. The summed E-state index contributed by atoms with van der Waals surface area (Å²) in [5.74, 6) is 0. The molecule has 3 N–H and O–H groups in total. The van der Waals surface area contributed by atoms with E-state index < -0.39 is 0 Å². The molecular formula is C14H21N5. The highest BCUT2D eigenvalue weighted by Crippen LogP contribution is 2.14. The van der Waals surface area contributed by atoms with Crippen molar-refractivity contribution in [3.8, 4) is 0 Å². The van der Waals surface area contributed by atoms with Crippen LogP contribution in [0.3, 0.4) is 0 Å². The predicted octanol–water partition coefficient (Wildman–Crippen LogP) is 1.00. The maximum atomic E-state index is 5.60. The first-order valence-electron chi connectivity index (χ1n) is 6.98. The summed E-state index contributed by atoms with van der Waals surface area (Å²) in [5.41, 5.74) is 11.3. The van der Waals surface area contributed by atoms with Gasteiger partial charge in [-0.2, -0.15) is 0 Å². The molecule has 2 aromatic rings. The van der Waals surface area contributed by atoms with E-state index >= 15 is 0 Å². The first kappa shape index (κ1) is 12.4. The summed E-state index contributed by atoms with van der Waals surface area (Å²) >= 11 is 0. The van der Waals surface area contributed by atoms with Gasteiger partial charge in [-0.1, -0.05) is 12.1 Å². The Balaban J connectivity index is 1.63. The lowest BCUT2D eigenvalue weighted by atomic mass is 10.1. The average molecular weight is 259 g/mol. The van der Waals surface area contributed by atoms with Crippen LogP contribution in [0.15, 0.2) is 30.6 Å². The van der Waals surface area contributed by atoms with Crippen molar-refractivity contribution in [1.29, 1.82) is 0 Å². The van der Waals surface area contributed by atoms with Crippen molar-refractivity contribution in [1.82, 2.24) is 14.6 Å². The highest BCUT2D eigenvalue weighted by atomic mass is 15.4. The largest absolute Gasteiger partial charge is 0.329 e. The fraction of sp³-hybridized carbons (Fsp3) is 0.500. The number of piperidine rings is 1. The van der Waals surface area contributed by atoms with Crippen molar-refractivity contribution in [2.75, 3.05) is 31.6 Å². The van der Waals surface area contributed by atoms with Gasteiger partial charge in [-0.3, -0.25) is 0 Å². The predicted molar refractivity (Wildman–Crippen MR) is 77.6 cm³/mol. The summed E-state index contributed by atoms with van der Waals surface area (Å²) in [4.78, 5) is 6.84. The average Bonchev–Trinajstić information content (AvgIpc) is 2.85. The van der Waals surface area contributed by atoms with E-state index in [1.807, 2.05) is 24.5 Å². The van der Waals surface area contributed by atoms with Crippen molar-refractivity contribution >= 4 is 11.0 Å². The molecule has 1 aliphatic rings. The van der Waals surface area contributed by atoms with Crippen LogP contribution in [0.1, 0.15) is 12.8 Å². The quantitative estimate of drug-likeness (QED) is 0.860. The normalized spacial score (nSPS) is 17.9. The van der Waals surface area contributed by atoms with Gasteiger partial charge >= 0.3 is 0 Å². The summed E-state index contributed by atoms with van der Waals surface area (Å²) in [5, 5.41) is 0. The topological polar surface area (TPSA) is 59.1 Å². The third-order valence-electron chi connectivity index (χ3n) is 3.81. The maximum absolute atomic E-state index is 5.60. The highest BCUT2D eigenvalue weighted by molar-refractivity contribution is 5.75. The molecule has 5 nitrogen and oxygen atoms in total. The molecule has 5 heteroatoms. The van der Waals surface area contributed by atoms with E-state index in [9.17, 15) is 0 Å². The zero-order valence-electron chi connectivity index (χ0n) is 11.1. The minimum absolute atomic E-state index is 0.520. The molecule has 19 heavy (non-hydrogen) atoms. The molecule has 0 aliphatic carbocycles. The number of imidazole rings is 1. The second-order valence-corrected chi connectivity index (χ2v) is 5.14. The number of hydrogen-bond donors (Lipinski definition) is 2. The van der Waals surface area contributed by atoms with Gasteiger partial charge in [0, 0.05) is 32.2 Å². The molecule has 0 spiro atoms. The summed E-state index contributed by atoms with van der Waals surface area (Å²) in [6.45, 7) is 4.02. The van der Waals surface area contributed by atoms with Gasteiger partial charge < -0.3 is 16.1 Å². The molecule has 2 heterocycles. The molecular weight excluding hydrogens is 238 g/mol. The first-order valence-corrected chi connectivity index (χ1v) is 6.98. The number of likely N-dealkylation sites (tertiary alicyclic amines) is 1. The lowest BCUT2D eigenvalue weighted by Crippen LogP contribution is -2.43. The summed E-state index contributed by atoms with van der Waals surface area (Å²) < 4.78 is 2.05. The fourth-order valence-electron chi connectivity index (χ4n) is 2.73. The van der Waals surface area contributed by atoms with Gasteiger partial charge in [0.15, 0.2) is 0 Å². The van der Waals surface area contributed by atoms with Crippen LogP contribution in [0, 0.1) is 0 Å². The van der Waals surface area contributed by atoms with Gasteiger partial charge in [0.05, 0.1) is 11.0 Å². The van der Waals surface area contributed by atoms with E-state index in [2.05, 4.69) is 26.1 Å². The van der Waals surface area contributed by atoms with Crippen molar-refractivity contribution in [3.05, 3.63) is 30.6 Å². The Kier molecular flexibility index (Phi) is 3.66. The van der Waals surface area contributed by atoms with E-state index in [1.54, 1.807) is 0 Å². The Labute approximate surface area is 113 Å². The molecule has 0 bridgehead atoms. The molecule has 1 aromatic carbocycles. The molecule has 0 radical (unpaired) electrons. The number of rotatable bonds is 4. The third-order valence-corrected chi connectivity index (χ3v) is 3.81. The van der Waals surface area contributed by atoms with Gasteiger partial charge in [-0.05, 0) is 25.0 Å². The van der Waals surface area contributed by atoms with Crippen LogP contribution in [-0.4, -0.2) is 46.8 Å². The van der Waals surface area contributed by atoms with Crippen molar-refractivity contribution in [2.24, 2.45) is 5.73 Å². The summed E-state index contributed by atoms with van der Waals surface area (Å²) in [6.07, 6.45) is 4.19. The van der Waals surface area contributed by atoms with E-state index in [4.69, 9.17) is 5.73 Å². The molecule has 0 atom stereocenters. The molecule has 0 amide bonds. The SMILES string of the molecule is NCCN1CCC(Nn2cnc3ccccc32)CC1. The lowest BCUT2D eigenvalue weighted by Gasteiger charge is -2.32. The number of fused-ring (bicyclic) bond motifs is 1. The van der Waals surface area contributed by atoms with Crippen LogP contribution < -0.4 is 11.2 Å².